The van der Waals surface area contributed by atoms with Crippen LogP contribution in [0.15, 0.2) is 18.2 Å². The molecule has 1 aromatic rings. The monoisotopic (exact) mass is 378 g/mol. The maximum atomic E-state index is 12.3. The van der Waals surface area contributed by atoms with Crippen LogP contribution in [0.2, 0.25) is 0 Å². The molecule has 1 aliphatic rings. The lowest BCUT2D eigenvalue weighted by Gasteiger charge is -2.41. The number of nitro benzene ring substituents is 1. The van der Waals surface area contributed by atoms with Gasteiger partial charge in [0.1, 0.15) is 11.2 Å². The zero-order chi connectivity index (χ0) is 20.4. The van der Waals surface area contributed by atoms with E-state index in [4.69, 9.17) is 4.74 Å². The van der Waals surface area contributed by atoms with Crippen LogP contribution in [0.5, 0.6) is 0 Å². The largest absolute Gasteiger partial charge is 0.444 e. The lowest BCUT2D eigenvalue weighted by atomic mass is 10.1. The van der Waals surface area contributed by atoms with Gasteiger partial charge < -0.3 is 19.9 Å². The lowest BCUT2D eigenvalue weighted by molar-refractivity contribution is -0.385. The molecule has 0 bridgehead atoms. The highest BCUT2D eigenvalue weighted by atomic mass is 16.6. The molecule has 2 amide bonds. The molecule has 148 valence electrons. The molecular weight excluding hydrogens is 352 g/mol. The van der Waals surface area contributed by atoms with E-state index in [0.29, 0.717) is 25.3 Å². The van der Waals surface area contributed by atoms with Crippen molar-refractivity contribution in [2.45, 2.75) is 39.3 Å². The number of nitrogens with one attached hydrogen (secondary N) is 1. The molecule has 2 rings (SSSR count). The average molecular weight is 378 g/mol. The number of benzene rings is 1. The number of hydrogen-bond acceptors (Lipinski definition) is 6. The zero-order valence-electron chi connectivity index (χ0n) is 16.3. The molecule has 0 spiro atoms. The Morgan fingerprint density at radius 2 is 1.96 bits per heavy atom. The van der Waals surface area contributed by atoms with E-state index >= 15 is 0 Å². The highest BCUT2D eigenvalue weighted by molar-refractivity contribution is 5.99. The van der Waals surface area contributed by atoms with Crippen LogP contribution in [0.1, 0.15) is 38.1 Å². The van der Waals surface area contributed by atoms with Crippen molar-refractivity contribution in [1.29, 1.82) is 0 Å². The standard InChI is InChI=1S/C18H26N4O5/c1-12-11-20(8-9-21(12)17(24)27-18(2,3)4)13-6-7-15(22(25)26)14(10-13)16(23)19-5/h6-7,10,12H,8-9,11H2,1-5H3,(H,19,23). The number of rotatable bonds is 3. The molecule has 0 aliphatic carbocycles. The van der Waals surface area contributed by atoms with E-state index < -0.39 is 16.4 Å². The molecule has 1 N–H and O–H groups in total. The summed E-state index contributed by atoms with van der Waals surface area (Å²) in [4.78, 5) is 38.6. The van der Waals surface area contributed by atoms with Gasteiger partial charge in [0.05, 0.1) is 4.92 Å². The summed E-state index contributed by atoms with van der Waals surface area (Å²) >= 11 is 0. The summed E-state index contributed by atoms with van der Waals surface area (Å²) in [5, 5.41) is 13.6. The van der Waals surface area contributed by atoms with Crippen molar-refractivity contribution in [3.05, 3.63) is 33.9 Å². The SMILES string of the molecule is CNC(=O)c1cc(N2CCN(C(=O)OC(C)(C)C)C(C)C2)ccc1[N+](=O)[O-]. The van der Waals surface area contributed by atoms with Gasteiger partial charge in [0.25, 0.3) is 11.6 Å². The van der Waals surface area contributed by atoms with Gasteiger partial charge in [-0.2, -0.15) is 0 Å². The number of carbonyl (C=O) groups excluding carboxylic acids is 2. The van der Waals surface area contributed by atoms with Crippen LogP contribution < -0.4 is 10.2 Å². The summed E-state index contributed by atoms with van der Waals surface area (Å²) in [6, 6.07) is 4.38. The second kappa shape index (κ2) is 7.81. The van der Waals surface area contributed by atoms with Crippen LogP contribution >= 0.6 is 0 Å². The Hall–Kier alpha value is -2.84. The Morgan fingerprint density at radius 3 is 2.48 bits per heavy atom. The Bertz CT molecular complexity index is 744. The van der Waals surface area contributed by atoms with Gasteiger partial charge in [-0.3, -0.25) is 14.9 Å². The highest BCUT2D eigenvalue weighted by Crippen LogP contribution is 2.27. The third-order valence-electron chi connectivity index (χ3n) is 4.27. The van der Waals surface area contributed by atoms with Crippen molar-refractivity contribution in [3.8, 4) is 0 Å². The fourth-order valence-electron chi connectivity index (χ4n) is 2.98. The lowest BCUT2D eigenvalue weighted by Crippen LogP contribution is -2.55. The summed E-state index contributed by atoms with van der Waals surface area (Å²) in [5.74, 6) is -0.510. The molecule has 9 heteroatoms. The molecule has 1 aromatic carbocycles. The van der Waals surface area contributed by atoms with E-state index in [1.165, 1.54) is 19.2 Å². The predicted molar refractivity (Wildman–Crippen MR) is 101 cm³/mol. The maximum absolute atomic E-state index is 12.3. The topological polar surface area (TPSA) is 105 Å². The Kier molecular flexibility index (Phi) is 5.92. The summed E-state index contributed by atoms with van der Waals surface area (Å²) in [5.41, 5.74) is -0.0787. The summed E-state index contributed by atoms with van der Waals surface area (Å²) in [7, 11) is 1.43. The minimum atomic E-state index is -0.572. The first-order chi connectivity index (χ1) is 12.5. The second-order valence-corrected chi connectivity index (χ2v) is 7.51. The number of nitrogens with zero attached hydrogens (tertiary/aromatic N) is 3. The quantitative estimate of drug-likeness (QED) is 0.640. The van der Waals surface area contributed by atoms with Gasteiger partial charge in [0.15, 0.2) is 0 Å². The number of carbonyl (C=O) groups is 2. The number of nitro groups is 1. The van der Waals surface area contributed by atoms with Gasteiger partial charge in [0.2, 0.25) is 0 Å². The van der Waals surface area contributed by atoms with E-state index in [1.807, 2.05) is 32.6 Å². The summed E-state index contributed by atoms with van der Waals surface area (Å²) < 4.78 is 5.44. The van der Waals surface area contributed by atoms with Crippen LogP contribution in [0, 0.1) is 10.1 Å². The van der Waals surface area contributed by atoms with Gasteiger partial charge in [-0.1, -0.05) is 0 Å². The highest BCUT2D eigenvalue weighted by Gasteiger charge is 2.31. The first kappa shape index (κ1) is 20.5. The van der Waals surface area contributed by atoms with Crippen molar-refractivity contribution in [2.75, 3.05) is 31.6 Å². The minimum Gasteiger partial charge on any atom is -0.444 e. The van der Waals surface area contributed by atoms with Crippen LogP contribution in [0.25, 0.3) is 0 Å². The Balaban J connectivity index is 2.18. The van der Waals surface area contributed by atoms with E-state index in [-0.39, 0.29) is 23.4 Å². The molecule has 9 nitrogen and oxygen atoms in total. The van der Waals surface area contributed by atoms with E-state index in [9.17, 15) is 19.7 Å². The Morgan fingerprint density at radius 1 is 1.30 bits per heavy atom. The van der Waals surface area contributed by atoms with Crippen molar-refractivity contribution >= 4 is 23.4 Å². The third kappa shape index (κ3) is 4.87. The van der Waals surface area contributed by atoms with Gasteiger partial charge in [-0.25, -0.2) is 4.79 Å². The van der Waals surface area contributed by atoms with Crippen LogP contribution in [-0.2, 0) is 4.74 Å². The van der Waals surface area contributed by atoms with Crippen LogP contribution in [0.4, 0.5) is 16.2 Å². The zero-order valence-corrected chi connectivity index (χ0v) is 16.3. The van der Waals surface area contributed by atoms with Gasteiger partial charge in [0, 0.05) is 44.5 Å². The molecule has 1 fully saturated rings. The molecular formula is C18H26N4O5. The summed E-state index contributed by atoms with van der Waals surface area (Å²) in [6.45, 7) is 8.91. The smallest absolute Gasteiger partial charge is 0.410 e. The first-order valence-corrected chi connectivity index (χ1v) is 8.78. The van der Waals surface area contributed by atoms with Crippen LogP contribution in [-0.4, -0.2) is 60.1 Å². The Labute approximate surface area is 158 Å². The van der Waals surface area contributed by atoms with Crippen molar-refractivity contribution < 1.29 is 19.2 Å². The van der Waals surface area contributed by atoms with E-state index in [1.54, 1.807) is 11.0 Å². The second-order valence-electron chi connectivity index (χ2n) is 7.51. The molecule has 0 saturated carbocycles. The fourth-order valence-corrected chi connectivity index (χ4v) is 2.98. The van der Waals surface area contributed by atoms with E-state index in [2.05, 4.69) is 5.32 Å². The molecule has 1 heterocycles. The van der Waals surface area contributed by atoms with Gasteiger partial charge in [-0.15, -0.1) is 0 Å². The minimum absolute atomic E-state index is 0.0159. The van der Waals surface area contributed by atoms with Gasteiger partial charge in [-0.05, 0) is 39.8 Å². The van der Waals surface area contributed by atoms with Crippen molar-refractivity contribution in [1.82, 2.24) is 10.2 Å². The predicted octanol–water partition coefficient (Wildman–Crippen LogP) is 2.40. The molecule has 1 unspecified atom stereocenters. The number of piperazine rings is 1. The van der Waals surface area contributed by atoms with Gasteiger partial charge >= 0.3 is 6.09 Å². The van der Waals surface area contributed by atoms with Crippen LogP contribution in [0.3, 0.4) is 0 Å². The van der Waals surface area contributed by atoms with Crippen molar-refractivity contribution in [2.24, 2.45) is 0 Å². The number of ether oxygens (including phenoxy) is 1. The normalized spacial score (nSPS) is 17.4. The molecule has 1 atom stereocenters. The third-order valence-corrected chi connectivity index (χ3v) is 4.27. The number of hydrogen-bond donors (Lipinski definition) is 1. The average Bonchev–Trinajstić information content (AvgIpc) is 2.58. The van der Waals surface area contributed by atoms with Crippen molar-refractivity contribution in [3.63, 3.8) is 0 Å². The number of anilines is 1. The molecule has 0 radical (unpaired) electrons. The molecule has 1 aliphatic heterocycles. The number of amides is 2. The molecule has 1 saturated heterocycles. The maximum Gasteiger partial charge on any atom is 0.410 e. The molecule has 27 heavy (non-hydrogen) atoms. The summed E-state index contributed by atoms with van der Waals surface area (Å²) in [6.07, 6.45) is -0.357. The fraction of sp³-hybridized carbons (Fsp3) is 0.556. The molecule has 0 aromatic heterocycles. The first-order valence-electron chi connectivity index (χ1n) is 8.78. The van der Waals surface area contributed by atoms with E-state index in [0.717, 1.165) is 0 Å².